The molecular weight excluding hydrogens is 366 g/mol. The second-order valence-electron chi connectivity index (χ2n) is 6.36. The quantitative estimate of drug-likeness (QED) is 0.739. The van der Waals surface area contributed by atoms with Gasteiger partial charge < -0.3 is 20.3 Å². The number of carbonyl (C=O) groups excluding carboxylic acids is 1. The predicted molar refractivity (Wildman–Crippen MR) is 106 cm³/mol. The van der Waals surface area contributed by atoms with Gasteiger partial charge in [0.15, 0.2) is 6.10 Å². The minimum Gasteiger partial charge on any atom is -0.364 e. The van der Waals surface area contributed by atoms with Gasteiger partial charge in [0.1, 0.15) is 11.0 Å². The summed E-state index contributed by atoms with van der Waals surface area (Å²) in [5.41, 5.74) is 1.05. The van der Waals surface area contributed by atoms with Crippen LogP contribution in [-0.4, -0.2) is 48.2 Å². The van der Waals surface area contributed by atoms with Crippen molar-refractivity contribution in [2.45, 2.75) is 32.0 Å². The van der Waals surface area contributed by atoms with E-state index in [1.807, 2.05) is 30.3 Å². The van der Waals surface area contributed by atoms with E-state index in [2.05, 4.69) is 32.4 Å². The van der Waals surface area contributed by atoms with Crippen molar-refractivity contribution in [3.05, 3.63) is 47.1 Å². The molecule has 1 aromatic heterocycles. The highest BCUT2D eigenvalue weighted by Crippen LogP contribution is 2.25. The summed E-state index contributed by atoms with van der Waals surface area (Å²) in [5.74, 6) is 1.01. The van der Waals surface area contributed by atoms with Crippen molar-refractivity contribution in [1.82, 2.24) is 15.3 Å². The summed E-state index contributed by atoms with van der Waals surface area (Å²) in [7, 11) is 1.74. The molecule has 1 aromatic carbocycles. The van der Waals surface area contributed by atoms with Crippen LogP contribution in [0.5, 0.6) is 0 Å². The Morgan fingerprint density at radius 3 is 2.81 bits per heavy atom. The first-order chi connectivity index (χ1) is 13.1. The standard InChI is InChI=1S/C19H24ClN5O2/c1-3-14-12-27-15(18(26)22-10-13-7-5-4-6-8-13)11-25(14)17-9-16(20)23-19(21-2)24-17/h4-9,14-15H,3,10-12H2,1-2H3,(H,22,26)(H,21,23,24)/t14-,15+/m1/s1. The molecule has 3 rings (SSSR count). The molecule has 2 heterocycles. The highest BCUT2D eigenvalue weighted by atomic mass is 35.5. The summed E-state index contributed by atoms with van der Waals surface area (Å²) in [6.45, 7) is 3.42. The van der Waals surface area contributed by atoms with E-state index in [0.717, 1.165) is 12.0 Å². The summed E-state index contributed by atoms with van der Waals surface area (Å²) in [5, 5.41) is 6.21. The summed E-state index contributed by atoms with van der Waals surface area (Å²) >= 11 is 6.13. The number of anilines is 2. The summed E-state index contributed by atoms with van der Waals surface area (Å²) in [6.07, 6.45) is 0.304. The van der Waals surface area contributed by atoms with E-state index in [1.165, 1.54) is 0 Å². The van der Waals surface area contributed by atoms with Crippen LogP contribution in [0.25, 0.3) is 0 Å². The fourth-order valence-corrected chi connectivity index (χ4v) is 3.22. The third-order valence-electron chi connectivity index (χ3n) is 4.57. The average molecular weight is 390 g/mol. The van der Waals surface area contributed by atoms with Crippen LogP contribution in [0.1, 0.15) is 18.9 Å². The van der Waals surface area contributed by atoms with Crippen molar-refractivity contribution in [2.75, 3.05) is 30.4 Å². The van der Waals surface area contributed by atoms with Crippen LogP contribution in [0.4, 0.5) is 11.8 Å². The van der Waals surface area contributed by atoms with E-state index in [0.29, 0.717) is 36.6 Å². The van der Waals surface area contributed by atoms with E-state index >= 15 is 0 Å². The second-order valence-corrected chi connectivity index (χ2v) is 6.75. The lowest BCUT2D eigenvalue weighted by Crippen LogP contribution is -2.54. The third-order valence-corrected chi connectivity index (χ3v) is 4.76. The number of hydrogen-bond donors (Lipinski definition) is 2. The molecule has 0 aliphatic carbocycles. The van der Waals surface area contributed by atoms with E-state index in [9.17, 15) is 4.79 Å². The van der Waals surface area contributed by atoms with E-state index in [-0.39, 0.29) is 11.9 Å². The van der Waals surface area contributed by atoms with Gasteiger partial charge in [0, 0.05) is 19.7 Å². The molecule has 1 aliphatic heterocycles. The van der Waals surface area contributed by atoms with Crippen molar-refractivity contribution in [1.29, 1.82) is 0 Å². The maximum Gasteiger partial charge on any atom is 0.251 e. The number of halogens is 1. The monoisotopic (exact) mass is 389 g/mol. The lowest BCUT2D eigenvalue weighted by Gasteiger charge is -2.39. The molecule has 0 saturated carbocycles. The van der Waals surface area contributed by atoms with Crippen molar-refractivity contribution in [2.24, 2.45) is 0 Å². The first kappa shape index (κ1) is 19.4. The molecule has 0 unspecified atom stereocenters. The smallest absolute Gasteiger partial charge is 0.251 e. The van der Waals surface area contributed by atoms with Crippen molar-refractivity contribution in [3.8, 4) is 0 Å². The number of nitrogens with one attached hydrogen (secondary N) is 2. The Kier molecular flexibility index (Phi) is 6.47. The Labute approximate surface area is 164 Å². The molecule has 8 heteroatoms. The van der Waals surface area contributed by atoms with Gasteiger partial charge in [-0.15, -0.1) is 0 Å². The van der Waals surface area contributed by atoms with Crippen molar-refractivity contribution < 1.29 is 9.53 Å². The van der Waals surface area contributed by atoms with Gasteiger partial charge in [-0.2, -0.15) is 4.98 Å². The molecule has 1 aliphatic rings. The number of nitrogens with zero attached hydrogens (tertiary/aromatic N) is 3. The number of amides is 1. The number of hydrogen-bond acceptors (Lipinski definition) is 6. The number of benzene rings is 1. The molecule has 1 saturated heterocycles. The maximum absolute atomic E-state index is 12.6. The predicted octanol–water partition coefficient (Wildman–Crippen LogP) is 2.47. The van der Waals surface area contributed by atoms with Gasteiger partial charge in [-0.05, 0) is 12.0 Å². The third kappa shape index (κ3) is 4.87. The number of carbonyl (C=O) groups is 1. The highest BCUT2D eigenvalue weighted by Gasteiger charge is 2.33. The van der Waals surface area contributed by atoms with Gasteiger partial charge >= 0.3 is 0 Å². The van der Waals surface area contributed by atoms with Crippen LogP contribution < -0.4 is 15.5 Å². The Morgan fingerprint density at radius 2 is 2.11 bits per heavy atom. The lowest BCUT2D eigenvalue weighted by molar-refractivity contribution is -0.134. The molecule has 2 aromatic rings. The van der Waals surface area contributed by atoms with Gasteiger partial charge in [-0.25, -0.2) is 4.98 Å². The Morgan fingerprint density at radius 1 is 1.33 bits per heavy atom. The maximum atomic E-state index is 12.6. The fourth-order valence-electron chi connectivity index (χ4n) is 3.04. The second kappa shape index (κ2) is 9.01. The minimum absolute atomic E-state index is 0.124. The van der Waals surface area contributed by atoms with Crippen LogP contribution in [0, 0.1) is 0 Å². The molecule has 0 spiro atoms. The topological polar surface area (TPSA) is 79.4 Å². The van der Waals surface area contributed by atoms with Crippen LogP contribution in [-0.2, 0) is 16.1 Å². The molecule has 2 N–H and O–H groups in total. The molecule has 2 atom stereocenters. The minimum atomic E-state index is -0.566. The zero-order chi connectivity index (χ0) is 19.2. The molecular formula is C19H24ClN5O2. The molecule has 7 nitrogen and oxygen atoms in total. The van der Waals surface area contributed by atoms with E-state index in [1.54, 1.807) is 13.1 Å². The summed E-state index contributed by atoms with van der Waals surface area (Å²) < 4.78 is 5.82. The normalized spacial score (nSPS) is 19.6. The van der Waals surface area contributed by atoms with Crippen LogP contribution >= 0.6 is 11.6 Å². The van der Waals surface area contributed by atoms with Gasteiger partial charge in [0.2, 0.25) is 5.95 Å². The molecule has 0 bridgehead atoms. The van der Waals surface area contributed by atoms with Crippen molar-refractivity contribution >= 4 is 29.3 Å². The zero-order valence-corrected chi connectivity index (χ0v) is 16.2. The Hall–Kier alpha value is -2.38. The Bertz CT molecular complexity index is 774. The number of aromatic nitrogens is 2. The van der Waals surface area contributed by atoms with Gasteiger partial charge in [-0.1, -0.05) is 48.9 Å². The lowest BCUT2D eigenvalue weighted by atomic mass is 10.1. The molecule has 0 radical (unpaired) electrons. The van der Waals surface area contributed by atoms with Crippen LogP contribution in [0.15, 0.2) is 36.4 Å². The van der Waals surface area contributed by atoms with Crippen molar-refractivity contribution in [3.63, 3.8) is 0 Å². The summed E-state index contributed by atoms with van der Waals surface area (Å²) in [4.78, 5) is 23.3. The zero-order valence-electron chi connectivity index (χ0n) is 15.5. The van der Waals surface area contributed by atoms with E-state index in [4.69, 9.17) is 16.3 Å². The van der Waals surface area contributed by atoms with Gasteiger partial charge in [0.05, 0.1) is 19.2 Å². The average Bonchev–Trinajstić information content (AvgIpc) is 2.71. The number of morpholine rings is 1. The molecule has 144 valence electrons. The fraction of sp³-hybridized carbons (Fsp3) is 0.421. The molecule has 1 amide bonds. The largest absolute Gasteiger partial charge is 0.364 e. The Balaban J connectivity index is 1.70. The highest BCUT2D eigenvalue weighted by molar-refractivity contribution is 6.29. The summed E-state index contributed by atoms with van der Waals surface area (Å²) in [6, 6.07) is 11.6. The number of ether oxygens (including phenoxy) is 1. The van der Waals surface area contributed by atoms with Crippen LogP contribution in [0.2, 0.25) is 5.15 Å². The van der Waals surface area contributed by atoms with Crippen LogP contribution in [0.3, 0.4) is 0 Å². The first-order valence-corrected chi connectivity index (χ1v) is 9.40. The van der Waals surface area contributed by atoms with E-state index < -0.39 is 6.10 Å². The molecule has 1 fully saturated rings. The van der Waals surface area contributed by atoms with Gasteiger partial charge in [0.25, 0.3) is 5.91 Å². The van der Waals surface area contributed by atoms with Gasteiger partial charge in [-0.3, -0.25) is 4.79 Å². The number of rotatable bonds is 6. The first-order valence-electron chi connectivity index (χ1n) is 9.03. The molecule has 27 heavy (non-hydrogen) atoms. The SMILES string of the molecule is CC[C@@H]1CO[C@H](C(=O)NCc2ccccc2)CN1c1cc(Cl)nc(NC)n1.